The van der Waals surface area contributed by atoms with Crippen LogP contribution in [0.4, 0.5) is 0 Å². The van der Waals surface area contributed by atoms with E-state index in [0.717, 1.165) is 16.8 Å². The number of hydrogen-bond donors (Lipinski definition) is 0. The highest BCUT2D eigenvalue weighted by molar-refractivity contribution is 6.30. The maximum atomic E-state index is 6.01. The summed E-state index contributed by atoms with van der Waals surface area (Å²) < 4.78 is 24.0. The van der Waals surface area contributed by atoms with Gasteiger partial charge in [0, 0.05) is 10.6 Å². The molecule has 0 amide bonds. The van der Waals surface area contributed by atoms with Crippen molar-refractivity contribution in [3.63, 3.8) is 0 Å². The number of fused-ring (bicyclic) bond motifs is 1. The molecular weight excluding hydrogens is 420 g/mol. The molecule has 3 heterocycles. The topological polar surface area (TPSA) is 84.4 Å². The molecule has 158 valence electrons. The summed E-state index contributed by atoms with van der Waals surface area (Å²) in [6.45, 7) is 1.03. The molecule has 0 saturated heterocycles. The minimum absolute atomic E-state index is 0.0949. The van der Waals surface area contributed by atoms with Crippen molar-refractivity contribution < 1.29 is 18.7 Å². The van der Waals surface area contributed by atoms with Crippen LogP contribution < -0.4 is 9.47 Å². The van der Waals surface area contributed by atoms with Crippen LogP contribution in [0, 0.1) is 0 Å². The molecule has 1 atom stereocenters. The van der Waals surface area contributed by atoms with Crippen molar-refractivity contribution in [2.75, 3.05) is 14.2 Å². The first-order chi connectivity index (χ1) is 15.1. The molecule has 9 heteroatoms. The minimum Gasteiger partial charge on any atom is -0.493 e. The van der Waals surface area contributed by atoms with Gasteiger partial charge in [-0.25, -0.2) is 0 Å². The smallest absolute Gasteiger partial charge is 0.278 e. The summed E-state index contributed by atoms with van der Waals surface area (Å²) in [5.74, 6) is 2.01. The van der Waals surface area contributed by atoms with Crippen molar-refractivity contribution in [2.45, 2.75) is 19.3 Å². The van der Waals surface area contributed by atoms with Gasteiger partial charge >= 0.3 is 0 Å². The lowest BCUT2D eigenvalue weighted by Gasteiger charge is -2.24. The van der Waals surface area contributed by atoms with Crippen molar-refractivity contribution in [2.24, 2.45) is 0 Å². The highest BCUT2D eigenvalue weighted by Gasteiger charge is 2.24. The van der Waals surface area contributed by atoms with Gasteiger partial charge in [0.2, 0.25) is 5.82 Å². The quantitative estimate of drug-likeness (QED) is 0.452. The zero-order chi connectivity index (χ0) is 21.4. The Labute approximate surface area is 183 Å². The van der Waals surface area contributed by atoms with Gasteiger partial charge in [0.15, 0.2) is 17.2 Å². The number of rotatable bonds is 5. The van der Waals surface area contributed by atoms with E-state index in [9.17, 15) is 0 Å². The van der Waals surface area contributed by atoms with Crippen LogP contribution in [-0.2, 0) is 17.9 Å². The maximum Gasteiger partial charge on any atom is 0.278 e. The lowest BCUT2D eigenvalue weighted by atomic mass is 10.1. The van der Waals surface area contributed by atoms with Gasteiger partial charge in [-0.3, -0.25) is 4.68 Å². The van der Waals surface area contributed by atoms with E-state index in [1.165, 1.54) is 0 Å². The Morgan fingerprint density at radius 3 is 2.61 bits per heavy atom. The van der Waals surface area contributed by atoms with Gasteiger partial charge in [0.05, 0.1) is 33.1 Å². The summed E-state index contributed by atoms with van der Waals surface area (Å²) in [6, 6.07) is 15.0. The van der Waals surface area contributed by atoms with E-state index in [1.54, 1.807) is 26.4 Å². The molecule has 0 radical (unpaired) electrons. The molecule has 0 fully saturated rings. The molecule has 31 heavy (non-hydrogen) atoms. The van der Waals surface area contributed by atoms with Crippen molar-refractivity contribution in [1.29, 1.82) is 0 Å². The van der Waals surface area contributed by atoms with Gasteiger partial charge in [0.1, 0.15) is 6.10 Å². The molecule has 0 N–H and O–H groups in total. The summed E-state index contributed by atoms with van der Waals surface area (Å²) in [5, 5.41) is 9.44. The number of methoxy groups -OCH3 is 2. The van der Waals surface area contributed by atoms with E-state index in [1.807, 2.05) is 41.1 Å². The monoisotopic (exact) mass is 438 g/mol. The largest absolute Gasteiger partial charge is 0.493 e. The Kier molecular flexibility index (Phi) is 5.09. The molecule has 1 aliphatic heterocycles. The first kappa shape index (κ1) is 19.6. The predicted octanol–water partition coefficient (Wildman–Crippen LogP) is 4.54. The fourth-order valence-electron chi connectivity index (χ4n) is 3.53. The molecule has 0 bridgehead atoms. The van der Waals surface area contributed by atoms with Crippen LogP contribution in [-0.4, -0.2) is 34.1 Å². The average molecular weight is 439 g/mol. The summed E-state index contributed by atoms with van der Waals surface area (Å²) >= 11 is 5.99. The van der Waals surface area contributed by atoms with Crippen LogP contribution in [0.25, 0.3) is 23.0 Å². The third kappa shape index (κ3) is 3.75. The Morgan fingerprint density at radius 1 is 1.03 bits per heavy atom. The number of benzene rings is 2. The third-order valence-corrected chi connectivity index (χ3v) is 5.42. The van der Waals surface area contributed by atoms with Crippen LogP contribution >= 0.6 is 11.6 Å². The van der Waals surface area contributed by atoms with Crippen molar-refractivity contribution in [3.05, 3.63) is 64.8 Å². The fraction of sp³-hybridized carbons (Fsp3) is 0.227. The molecule has 0 saturated carbocycles. The summed E-state index contributed by atoms with van der Waals surface area (Å²) in [7, 11) is 3.17. The zero-order valence-electron chi connectivity index (χ0n) is 16.9. The van der Waals surface area contributed by atoms with Crippen LogP contribution in [0.15, 0.2) is 53.1 Å². The van der Waals surface area contributed by atoms with E-state index in [4.69, 9.17) is 30.3 Å². The van der Waals surface area contributed by atoms with Gasteiger partial charge < -0.3 is 18.7 Å². The third-order valence-electron chi connectivity index (χ3n) is 5.16. The van der Waals surface area contributed by atoms with E-state index in [-0.39, 0.29) is 6.10 Å². The van der Waals surface area contributed by atoms with Crippen LogP contribution in [0.1, 0.15) is 17.4 Å². The highest BCUT2D eigenvalue weighted by Crippen LogP contribution is 2.33. The van der Waals surface area contributed by atoms with Crippen LogP contribution in [0.2, 0.25) is 5.02 Å². The van der Waals surface area contributed by atoms with E-state index < -0.39 is 0 Å². The second-order valence-corrected chi connectivity index (χ2v) is 7.48. The Bertz CT molecular complexity index is 1220. The van der Waals surface area contributed by atoms with Gasteiger partial charge in [-0.2, -0.15) is 10.1 Å². The number of halogens is 1. The zero-order valence-corrected chi connectivity index (χ0v) is 17.7. The molecular formula is C22H19ClN4O4. The van der Waals surface area contributed by atoms with Gasteiger partial charge in [0.25, 0.3) is 5.89 Å². The number of nitrogens with zero attached hydrogens (tertiary/aromatic N) is 4. The first-order valence-electron chi connectivity index (χ1n) is 9.65. The molecule has 2 aromatic carbocycles. The standard InChI is InChI=1S/C22H19ClN4O4/c1-28-18-8-5-14(9-19(18)29-2)21-24-22(31-26-21)17-10-16-12-30-20(11-27(16)25-17)13-3-6-15(23)7-4-13/h3-10,20H,11-12H2,1-2H3. The molecule has 8 nitrogen and oxygen atoms in total. The Balaban J connectivity index is 1.39. The van der Waals surface area contributed by atoms with E-state index >= 15 is 0 Å². The van der Waals surface area contributed by atoms with Gasteiger partial charge in [-0.1, -0.05) is 28.9 Å². The van der Waals surface area contributed by atoms with Crippen molar-refractivity contribution >= 4 is 11.6 Å². The summed E-state index contributed by atoms with van der Waals surface area (Å²) in [5.41, 5.74) is 3.36. The SMILES string of the molecule is COc1ccc(-c2noc(-c3cc4n(n3)CC(c3ccc(Cl)cc3)OC4)n2)cc1OC. The van der Waals surface area contributed by atoms with Gasteiger partial charge in [-0.15, -0.1) is 0 Å². The molecule has 2 aromatic heterocycles. The minimum atomic E-state index is -0.0949. The normalized spacial score (nSPS) is 15.5. The second-order valence-electron chi connectivity index (χ2n) is 7.05. The summed E-state index contributed by atoms with van der Waals surface area (Å²) in [4.78, 5) is 4.51. The molecule has 4 aromatic rings. The number of ether oxygens (including phenoxy) is 3. The lowest BCUT2D eigenvalue weighted by Crippen LogP contribution is -2.21. The second kappa shape index (κ2) is 8.05. The molecule has 5 rings (SSSR count). The number of aromatic nitrogens is 4. The molecule has 1 aliphatic rings. The van der Waals surface area contributed by atoms with Crippen LogP contribution in [0.3, 0.4) is 0 Å². The van der Waals surface area contributed by atoms with Gasteiger partial charge in [-0.05, 0) is 42.0 Å². The fourth-order valence-corrected chi connectivity index (χ4v) is 3.66. The van der Waals surface area contributed by atoms with Crippen LogP contribution in [0.5, 0.6) is 11.5 Å². The highest BCUT2D eigenvalue weighted by atomic mass is 35.5. The Morgan fingerprint density at radius 2 is 1.84 bits per heavy atom. The lowest BCUT2D eigenvalue weighted by molar-refractivity contribution is -0.00112. The maximum absolute atomic E-state index is 6.01. The average Bonchev–Trinajstić information content (AvgIpc) is 3.46. The predicted molar refractivity (Wildman–Crippen MR) is 113 cm³/mol. The molecule has 1 unspecified atom stereocenters. The summed E-state index contributed by atoms with van der Waals surface area (Å²) in [6.07, 6.45) is -0.0949. The molecule has 0 spiro atoms. The van der Waals surface area contributed by atoms with Crippen molar-refractivity contribution in [3.8, 4) is 34.5 Å². The van der Waals surface area contributed by atoms with E-state index in [2.05, 4.69) is 15.2 Å². The van der Waals surface area contributed by atoms with Crippen molar-refractivity contribution in [1.82, 2.24) is 19.9 Å². The first-order valence-corrected chi connectivity index (χ1v) is 10.0. The van der Waals surface area contributed by atoms with E-state index in [0.29, 0.717) is 47.1 Å². The Hall–Kier alpha value is -3.36. The number of hydrogen-bond acceptors (Lipinski definition) is 7. The molecule has 0 aliphatic carbocycles.